The summed E-state index contributed by atoms with van der Waals surface area (Å²) in [6.07, 6.45) is 1.44. The summed E-state index contributed by atoms with van der Waals surface area (Å²) in [4.78, 5) is 10.4. The van der Waals surface area contributed by atoms with Crippen LogP contribution in [0.5, 0.6) is 0 Å². The smallest absolute Gasteiger partial charge is 0.270 e. The van der Waals surface area contributed by atoms with Crippen LogP contribution in [0.1, 0.15) is 16.8 Å². The third-order valence-corrected chi connectivity index (χ3v) is 3.80. The molecule has 0 radical (unpaired) electrons. The Kier molecular flexibility index (Phi) is 4.65. The lowest BCUT2D eigenvalue weighted by Gasteiger charge is -2.02. The molecule has 1 heterocycles. The summed E-state index contributed by atoms with van der Waals surface area (Å²) in [5.74, 6) is 0.110. The fourth-order valence-corrected chi connectivity index (χ4v) is 2.54. The minimum atomic E-state index is -0.522. The number of nitrogens with zero attached hydrogens (tertiary/aromatic N) is 5. The topological polar surface area (TPSA) is 135 Å². The number of hydrogen-bond acceptors (Lipinski definition) is 6. The zero-order valence-electron chi connectivity index (χ0n) is 13.9. The SMILES string of the molecule is N#CC(=Cc1cccc([N+](=O)[O-])c1)c1nn(-c2ccccc2)c(N)c1C#N. The summed E-state index contributed by atoms with van der Waals surface area (Å²) in [7, 11) is 0. The fraction of sp³-hybridized carbons (Fsp3) is 0. The van der Waals surface area contributed by atoms with Crippen LogP contribution in [0.25, 0.3) is 17.3 Å². The fourth-order valence-electron chi connectivity index (χ4n) is 2.54. The van der Waals surface area contributed by atoms with Crippen LogP contribution in [0.15, 0.2) is 54.6 Å². The molecule has 2 N–H and O–H groups in total. The summed E-state index contributed by atoms with van der Waals surface area (Å²) in [6, 6.07) is 18.8. The van der Waals surface area contributed by atoms with E-state index >= 15 is 0 Å². The number of nitro benzene ring substituents is 1. The minimum Gasteiger partial charge on any atom is -0.382 e. The van der Waals surface area contributed by atoms with Crippen LogP contribution in [-0.4, -0.2) is 14.7 Å². The van der Waals surface area contributed by atoms with Gasteiger partial charge in [0, 0.05) is 12.1 Å². The van der Waals surface area contributed by atoms with Crippen molar-refractivity contribution in [2.75, 3.05) is 5.73 Å². The standard InChI is InChI=1S/C19H12N6O2/c20-11-14(9-13-5-4-8-16(10-13)25(26)27)18-17(12-21)19(22)24(23-18)15-6-2-1-3-7-15/h1-10H,22H2. The molecule has 0 spiro atoms. The summed E-state index contributed by atoms with van der Waals surface area (Å²) in [5, 5.41) is 34.3. The predicted octanol–water partition coefficient (Wildman–Crippen LogP) is 3.30. The Morgan fingerprint density at radius 3 is 2.56 bits per heavy atom. The Labute approximate surface area is 154 Å². The van der Waals surface area contributed by atoms with Gasteiger partial charge in [0.1, 0.15) is 29.2 Å². The molecular formula is C19H12N6O2. The van der Waals surface area contributed by atoms with Gasteiger partial charge in [-0.3, -0.25) is 10.1 Å². The molecule has 3 rings (SSSR count). The van der Waals surface area contributed by atoms with Crippen molar-refractivity contribution in [2.24, 2.45) is 0 Å². The van der Waals surface area contributed by atoms with Gasteiger partial charge in [-0.15, -0.1) is 0 Å². The number of benzene rings is 2. The van der Waals surface area contributed by atoms with Crippen molar-refractivity contribution >= 4 is 23.2 Å². The third kappa shape index (κ3) is 3.36. The molecule has 0 saturated carbocycles. The molecule has 0 amide bonds. The first-order valence-electron chi connectivity index (χ1n) is 7.75. The maximum absolute atomic E-state index is 10.9. The number of nitro groups is 1. The lowest BCUT2D eigenvalue weighted by molar-refractivity contribution is -0.384. The molecule has 8 nitrogen and oxygen atoms in total. The first-order valence-corrected chi connectivity index (χ1v) is 7.75. The molecular weight excluding hydrogens is 344 g/mol. The Hall–Kier alpha value is -4.43. The van der Waals surface area contributed by atoms with Gasteiger partial charge in [0.05, 0.1) is 16.2 Å². The van der Waals surface area contributed by atoms with Gasteiger partial charge in [0.2, 0.25) is 0 Å². The zero-order valence-corrected chi connectivity index (χ0v) is 13.9. The summed E-state index contributed by atoms with van der Waals surface area (Å²) < 4.78 is 1.38. The highest BCUT2D eigenvalue weighted by Gasteiger charge is 2.20. The Morgan fingerprint density at radius 1 is 1.19 bits per heavy atom. The predicted molar refractivity (Wildman–Crippen MR) is 99.3 cm³/mol. The molecule has 0 aliphatic rings. The number of hydrogen-bond donors (Lipinski definition) is 1. The Bertz CT molecular complexity index is 1130. The number of para-hydroxylation sites is 1. The van der Waals surface area contributed by atoms with Crippen molar-refractivity contribution in [3.05, 3.63) is 81.5 Å². The van der Waals surface area contributed by atoms with Crippen LogP contribution >= 0.6 is 0 Å². The number of rotatable bonds is 4. The molecule has 0 fully saturated rings. The Balaban J connectivity index is 2.14. The average molecular weight is 356 g/mol. The second kappa shape index (κ2) is 7.21. The van der Waals surface area contributed by atoms with E-state index in [0.717, 1.165) is 0 Å². The third-order valence-electron chi connectivity index (χ3n) is 3.80. The van der Waals surface area contributed by atoms with E-state index in [9.17, 15) is 20.6 Å². The van der Waals surface area contributed by atoms with E-state index in [4.69, 9.17) is 5.73 Å². The van der Waals surface area contributed by atoms with Gasteiger partial charge < -0.3 is 5.73 Å². The van der Waals surface area contributed by atoms with Crippen molar-refractivity contribution in [2.45, 2.75) is 0 Å². The number of non-ortho nitro benzene ring substituents is 1. The highest BCUT2D eigenvalue weighted by molar-refractivity contribution is 5.91. The number of aromatic nitrogens is 2. The highest BCUT2D eigenvalue weighted by atomic mass is 16.6. The van der Waals surface area contributed by atoms with Crippen molar-refractivity contribution in [1.29, 1.82) is 10.5 Å². The van der Waals surface area contributed by atoms with Crippen LogP contribution in [0, 0.1) is 32.8 Å². The number of anilines is 1. The minimum absolute atomic E-state index is 0.0667. The summed E-state index contributed by atoms with van der Waals surface area (Å²) in [5.41, 5.74) is 7.30. The van der Waals surface area contributed by atoms with Gasteiger partial charge in [-0.05, 0) is 23.8 Å². The van der Waals surface area contributed by atoms with Crippen molar-refractivity contribution in [1.82, 2.24) is 9.78 Å². The number of nitrogen functional groups attached to an aromatic ring is 1. The molecule has 130 valence electrons. The molecule has 2 aromatic carbocycles. The maximum Gasteiger partial charge on any atom is 0.270 e. The first kappa shape index (κ1) is 17.4. The number of nitriles is 2. The molecule has 0 bridgehead atoms. The number of nitrogens with two attached hydrogens (primary N) is 1. The first-order chi connectivity index (χ1) is 13.0. The number of allylic oxidation sites excluding steroid dienone is 1. The van der Waals surface area contributed by atoms with Crippen LogP contribution in [-0.2, 0) is 0 Å². The van der Waals surface area contributed by atoms with Crippen LogP contribution in [0.2, 0.25) is 0 Å². The lowest BCUT2D eigenvalue weighted by Crippen LogP contribution is -2.02. The molecule has 3 aromatic rings. The second-order valence-corrected chi connectivity index (χ2v) is 5.49. The van der Waals surface area contributed by atoms with E-state index in [1.54, 1.807) is 30.3 Å². The second-order valence-electron chi connectivity index (χ2n) is 5.49. The van der Waals surface area contributed by atoms with E-state index < -0.39 is 4.92 Å². The highest BCUT2D eigenvalue weighted by Crippen LogP contribution is 2.27. The Morgan fingerprint density at radius 2 is 1.93 bits per heavy atom. The van der Waals surface area contributed by atoms with E-state index in [1.165, 1.54) is 29.0 Å². The molecule has 0 saturated heterocycles. The molecule has 0 unspecified atom stereocenters. The van der Waals surface area contributed by atoms with Crippen molar-refractivity contribution in [3.8, 4) is 17.8 Å². The molecule has 0 atom stereocenters. The van der Waals surface area contributed by atoms with Crippen molar-refractivity contribution in [3.63, 3.8) is 0 Å². The normalized spacial score (nSPS) is 10.8. The van der Waals surface area contributed by atoms with E-state index in [0.29, 0.717) is 11.3 Å². The molecule has 27 heavy (non-hydrogen) atoms. The largest absolute Gasteiger partial charge is 0.382 e. The van der Waals surface area contributed by atoms with Gasteiger partial charge in [0.15, 0.2) is 0 Å². The van der Waals surface area contributed by atoms with E-state index in [1.807, 2.05) is 18.2 Å². The average Bonchev–Trinajstić information content (AvgIpc) is 3.03. The maximum atomic E-state index is 10.9. The van der Waals surface area contributed by atoms with Gasteiger partial charge in [0.25, 0.3) is 5.69 Å². The van der Waals surface area contributed by atoms with Gasteiger partial charge in [-0.2, -0.15) is 15.6 Å². The summed E-state index contributed by atoms with van der Waals surface area (Å²) in [6.45, 7) is 0. The van der Waals surface area contributed by atoms with Crippen molar-refractivity contribution < 1.29 is 4.92 Å². The van der Waals surface area contributed by atoms with E-state index in [2.05, 4.69) is 5.10 Å². The molecule has 0 aliphatic carbocycles. The quantitative estimate of drug-likeness (QED) is 0.433. The molecule has 8 heteroatoms. The van der Waals surface area contributed by atoms with Crippen LogP contribution in [0.4, 0.5) is 11.5 Å². The lowest BCUT2D eigenvalue weighted by atomic mass is 10.1. The monoisotopic (exact) mass is 356 g/mol. The summed E-state index contributed by atoms with van der Waals surface area (Å²) >= 11 is 0. The van der Waals surface area contributed by atoms with Gasteiger partial charge >= 0.3 is 0 Å². The van der Waals surface area contributed by atoms with Crippen LogP contribution < -0.4 is 5.73 Å². The van der Waals surface area contributed by atoms with Gasteiger partial charge in [-0.25, -0.2) is 4.68 Å². The van der Waals surface area contributed by atoms with Crippen LogP contribution in [0.3, 0.4) is 0 Å². The van der Waals surface area contributed by atoms with Gasteiger partial charge in [-0.1, -0.05) is 30.3 Å². The van der Waals surface area contributed by atoms with E-state index in [-0.39, 0.29) is 28.3 Å². The molecule has 1 aromatic heterocycles. The zero-order chi connectivity index (χ0) is 19.4. The molecule has 0 aliphatic heterocycles.